The molecule has 20 heavy (non-hydrogen) atoms. The zero-order valence-electron chi connectivity index (χ0n) is 12.5. The van der Waals surface area contributed by atoms with E-state index in [-0.39, 0.29) is 5.41 Å². The van der Waals surface area contributed by atoms with Gasteiger partial charge in [-0.25, -0.2) is 0 Å². The molecule has 2 heteroatoms. The second kappa shape index (κ2) is 5.61. The Morgan fingerprint density at radius 2 is 1.65 bits per heavy atom. The Bertz CT molecular complexity index is 607. The van der Waals surface area contributed by atoms with Crippen LogP contribution < -0.4 is 0 Å². The highest BCUT2D eigenvalue weighted by Gasteiger charge is 2.19. The Morgan fingerprint density at radius 1 is 1.05 bits per heavy atom. The molecular formula is C18H21BrO. The Hall–Kier alpha value is -1.28. The standard InChI is InChI=1S/C18H21BrO/c1-12-5-7-13(8-6-12)16-10-15(18(2,3)4)9-14(11-19)17(16)20/h5-10,20H,11H2,1-4H3. The van der Waals surface area contributed by atoms with Crippen LogP contribution in [0.2, 0.25) is 0 Å². The smallest absolute Gasteiger partial charge is 0.127 e. The van der Waals surface area contributed by atoms with Gasteiger partial charge in [0.15, 0.2) is 0 Å². The summed E-state index contributed by atoms with van der Waals surface area (Å²) >= 11 is 3.47. The van der Waals surface area contributed by atoms with E-state index in [0.29, 0.717) is 11.1 Å². The highest BCUT2D eigenvalue weighted by molar-refractivity contribution is 9.08. The predicted octanol–water partition coefficient (Wildman–Crippen LogP) is 5.56. The van der Waals surface area contributed by atoms with Gasteiger partial charge in [0.2, 0.25) is 0 Å². The van der Waals surface area contributed by atoms with E-state index in [1.807, 2.05) is 0 Å². The van der Waals surface area contributed by atoms with Crippen molar-refractivity contribution in [3.8, 4) is 16.9 Å². The van der Waals surface area contributed by atoms with E-state index in [2.05, 4.69) is 80.0 Å². The van der Waals surface area contributed by atoms with Gasteiger partial charge in [-0.15, -0.1) is 0 Å². The molecule has 2 aromatic rings. The quantitative estimate of drug-likeness (QED) is 0.713. The summed E-state index contributed by atoms with van der Waals surface area (Å²) in [4.78, 5) is 0. The van der Waals surface area contributed by atoms with Crippen molar-refractivity contribution in [3.63, 3.8) is 0 Å². The van der Waals surface area contributed by atoms with Gasteiger partial charge >= 0.3 is 0 Å². The molecule has 0 radical (unpaired) electrons. The molecule has 1 nitrogen and oxygen atoms in total. The van der Waals surface area contributed by atoms with Gasteiger partial charge in [0.1, 0.15) is 5.75 Å². The third-order valence-corrected chi connectivity index (χ3v) is 4.17. The number of aryl methyl sites for hydroxylation is 1. The third-order valence-electron chi connectivity index (χ3n) is 3.56. The minimum atomic E-state index is 0.0596. The van der Waals surface area contributed by atoms with E-state index in [0.717, 1.165) is 16.7 Å². The van der Waals surface area contributed by atoms with E-state index >= 15 is 0 Å². The Morgan fingerprint density at radius 3 is 2.15 bits per heavy atom. The first kappa shape index (κ1) is 15.1. The predicted molar refractivity (Wildman–Crippen MR) is 89.6 cm³/mol. The van der Waals surface area contributed by atoms with Crippen LogP contribution in [0.1, 0.15) is 37.5 Å². The van der Waals surface area contributed by atoms with Crippen LogP contribution in [0.4, 0.5) is 0 Å². The van der Waals surface area contributed by atoms with Gasteiger partial charge in [-0.3, -0.25) is 0 Å². The van der Waals surface area contributed by atoms with Gasteiger partial charge in [-0.1, -0.05) is 72.6 Å². The Labute approximate surface area is 129 Å². The van der Waals surface area contributed by atoms with Crippen LogP contribution in [-0.2, 0) is 10.7 Å². The van der Waals surface area contributed by atoms with Gasteiger partial charge in [0, 0.05) is 16.5 Å². The average Bonchev–Trinajstić information content (AvgIpc) is 2.39. The first-order valence-electron chi connectivity index (χ1n) is 6.82. The fourth-order valence-corrected chi connectivity index (χ4v) is 2.61. The minimum Gasteiger partial charge on any atom is -0.507 e. The van der Waals surface area contributed by atoms with Gasteiger partial charge in [-0.2, -0.15) is 0 Å². The molecule has 0 aliphatic rings. The molecule has 0 saturated carbocycles. The van der Waals surface area contributed by atoms with Crippen molar-refractivity contribution in [1.29, 1.82) is 0 Å². The molecule has 0 fully saturated rings. The molecule has 0 heterocycles. The van der Waals surface area contributed by atoms with E-state index in [9.17, 15) is 5.11 Å². The fraction of sp³-hybridized carbons (Fsp3) is 0.333. The van der Waals surface area contributed by atoms with Crippen molar-refractivity contribution in [1.82, 2.24) is 0 Å². The van der Waals surface area contributed by atoms with Crippen LogP contribution >= 0.6 is 15.9 Å². The molecule has 0 atom stereocenters. The first-order valence-corrected chi connectivity index (χ1v) is 7.94. The van der Waals surface area contributed by atoms with Crippen LogP contribution in [0, 0.1) is 6.92 Å². The van der Waals surface area contributed by atoms with Crippen LogP contribution in [0.5, 0.6) is 5.75 Å². The molecular weight excluding hydrogens is 312 g/mol. The highest BCUT2D eigenvalue weighted by atomic mass is 79.9. The maximum atomic E-state index is 10.5. The molecule has 2 rings (SSSR count). The molecule has 2 aromatic carbocycles. The first-order chi connectivity index (χ1) is 9.32. The summed E-state index contributed by atoms with van der Waals surface area (Å²) < 4.78 is 0. The molecule has 1 N–H and O–H groups in total. The summed E-state index contributed by atoms with van der Waals surface area (Å²) in [6.07, 6.45) is 0. The lowest BCUT2D eigenvalue weighted by molar-refractivity contribution is 0.471. The number of hydrogen-bond donors (Lipinski definition) is 1. The lowest BCUT2D eigenvalue weighted by Gasteiger charge is -2.22. The molecule has 0 saturated heterocycles. The number of hydrogen-bond acceptors (Lipinski definition) is 1. The SMILES string of the molecule is Cc1ccc(-c2cc(C(C)(C)C)cc(CBr)c2O)cc1. The number of phenols is 1. The minimum absolute atomic E-state index is 0.0596. The van der Waals surface area contributed by atoms with Gasteiger partial charge < -0.3 is 5.11 Å². The molecule has 0 bridgehead atoms. The number of aromatic hydroxyl groups is 1. The summed E-state index contributed by atoms with van der Waals surface area (Å²) in [6.45, 7) is 8.64. The normalized spacial score (nSPS) is 11.7. The van der Waals surface area contributed by atoms with Crippen molar-refractivity contribution in [2.24, 2.45) is 0 Å². The third kappa shape index (κ3) is 3.06. The number of phenolic OH excluding ortho intramolecular Hbond substituents is 1. The van der Waals surface area contributed by atoms with Crippen molar-refractivity contribution in [2.75, 3.05) is 0 Å². The van der Waals surface area contributed by atoms with Crippen molar-refractivity contribution in [2.45, 2.75) is 38.4 Å². The summed E-state index contributed by atoms with van der Waals surface area (Å²) in [6, 6.07) is 12.5. The molecule has 0 amide bonds. The number of benzene rings is 2. The zero-order valence-corrected chi connectivity index (χ0v) is 14.1. The van der Waals surface area contributed by atoms with E-state index < -0.39 is 0 Å². The van der Waals surface area contributed by atoms with Crippen LogP contribution in [-0.4, -0.2) is 5.11 Å². The maximum absolute atomic E-state index is 10.5. The summed E-state index contributed by atoms with van der Waals surface area (Å²) in [5.74, 6) is 0.374. The van der Waals surface area contributed by atoms with Crippen LogP contribution in [0.3, 0.4) is 0 Å². The molecule has 0 unspecified atom stereocenters. The molecule has 0 aliphatic heterocycles. The second-order valence-corrected chi connectivity index (χ2v) is 6.84. The van der Waals surface area contributed by atoms with Crippen molar-refractivity contribution < 1.29 is 5.11 Å². The molecule has 0 aromatic heterocycles. The van der Waals surface area contributed by atoms with E-state index in [1.165, 1.54) is 11.1 Å². The average molecular weight is 333 g/mol. The number of alkyl halides is 1. The molecule has 0 aliphatic carbocycles. The van der Waals surface area contributed by atoms with Crippen LogP contribution in [0.15, 0.2) is 36.4 Å². The summed E-state index contributed by atoms with van der Waals surface area (Å²) in [5, 5.41) is 11.1. The van der Waals surface area contributed by atoms with E-state index in [1.54, 1.807) is 0 Å². The fourth-order valence-electron chi connectivity index (χ4n) is 2.18. The molecule has 0 spiro atoms. The summed E-state index contributed by atoms with van der Waals surface area (Å²) in [5.41, 5.74) is 5.42. The molecule has 106 valence electrons. The Kier molecular flexibility index (Phi) is 4.24. The maximum Gasteiger partial charge on any atom is 0.127 e. The second-order valence-electron chi connectivity index (χ2n) is 6.28. The topological polar surface area (TPSA) is 20.2 Å². The van der Waals surface area contributed by atoms with Gasteiger partial charge in [-0.05, 0) is 29.5 Å². The van der Waals surface area contributed by atoms with Gasteiger partial charge in [0.05, 0.1) is 0 Å². The van der Waals surface area contributed by atoms with Crippen molar-refractivity contribution in [3.05, 3.63) is 53.1 Å². The summed E-state index contributed by atoms with van der Waals surface area (Å²) in [7, 11) is 0. The van der Waals surface area contributed by atoms with Gasteiger partial charge in [0.25, 0.3) is 0 Å². The largest absolute Gasteiger partial charge is 0.507 e. The number of rotatable bonds is 2. The monoisotopic (exact) mass is 332 g/mol. The highest BCUT2D eigenvalue weighted by Crippen LogP contribution is 2.38. The van der Waals surface area contributed by atoms with Crippen molar-refractivity contribution >= 4 is 15.9 Å². The zero-order chi connectivity index (χ0) is 14.9. The van der Waals surface area contributed by atoms with E-state index in [4.69, 9.17) is 0 Å². The Balaban J connectivity index is 2.65. The number of halogens is 1. The lowest BCUT2D eigenvalue weighted by atomic mass is 9.84. The lowest BCUT2D eigenvalue weighted by Crippen LogP contribution is -2.11. The van der Waals surface area contributed by atoms with Crippen LogP contribution in [0.25, 0.3) is 11.1 Å².